The van der Waals surface area contributed by atoms with Gasteiger partial charge in [0.2, 0.25) is 0 Å². The number of aromatic nitrogens is 1. The molecule has 0 spiro atoms. The largest absolute Gasteiger partial charge is 0.370 e. The quantitative estimate of drug-likeness (QED) is 0.536. The summed E-state index contributed by atoms with van der Waals surface area (Å²) in [5, 5.41) is 3.16. The fourth-order valence-corrected chi connectivity index (χ4v) is 2.93. The molecule has 3 N–H and O–H groups in total. The summed E-state index contributed by atoms with van der Waals surface area (Å²) in [7, 11) is 0. The predicted molar refractivity (Wildman–Crippen MR) is 104 cm³/mol. The third kappa shape index (κ3) is 6.71. The minimum atomic E-state index is 0.496. The lowest BCUT2D eigenvalue weighted by molar-refractivity contribution is 0.518. The number of pyridine rings is 1. The molecule has 0 saturated heterocycles. The van der Waals surface area contributed by atoms with Gasteiger partial charge in [0.15, 0.2) is 5.96 Å². The highest BCUT2D eigenvalue weighted by atomic mass is 79.9. The van der Waals surface area contributed by atoms with Crippen LogP contribution in [0.1, 0.15) is 24.6 Å². The van der Waals surface area contributed by atoms with Crippen LogP contribution in [0.3, 0.4) is 0 Å². The Bertz CT molecular complexity index is 643. The zero-order valence-corrected chi connectivity index (χ0v) is 15.7. The van der Waals surface area contributed by atoms with Crippen LogP contribution in [0, 0.1) is 5.92 Å². The molecule has 0 saturated carbocycles. The molecule has 2 aromatic rings. The molecule has 2 rings (SSSR count). The van der Waals surface area contributed by atoms with Crippen LogP contribution in [0.15, 0.2) is 58.1 Å². The molecule has 1 unspecified atom stereocenters. The van der Waals surface area contributed by atoms with E-state index in [1.807, 2.05) is 24.3 Å². The van der Waals surface area contributed by atoms with Crippen LogP contribution in [0.5, 0.6) is 0 Å². The first kappa shape index (κ1) is 18.5. The van der Waals surface area contributed by atoms with E-state index in [1.165, 1.54) is 5.56 Å². The summed E-state index contributed by atoms with van der Waals surface area (Å²) in [6, 6.07) is 14.4. The Morgan fingerprint density at radius 3 is 2.88 bits per heavy atom. The van der Waals surface area contributed by atoms with Crippen molar-refractivity contribution >= 4 is 21.9 Å². The summed E-state index contributed by atoms with van der Waals surface area (Å²) in [5.74, 6) is 1.01. The molecule has 0 aliphatic rings. The number of guanidine groups is 1. The average Bonchev–Trinajstić information content (AvgIpc) is 2.59. The number of nitrogens with two attached hydrogens (primary N) is 1. The maximum Gasteiger partial charge on any atom is 0.188 e. The van der Waals surface area contributed by atoms with Gasteiger partial charge in [-0.3, -0.25) is 9.98 Å². The molecule has 24 heavy (non-hydrogen) atoms. The van der Waals surface area contributed by atoms with Gasteiger partial charge in [0.1, 0.15) is 0 Å². The van der Waals surface area contributed by atoms with E-state index in [0.717, 1.165) is 42.5 Å². The Hall–Kier alpha value is -1.88. The minimum Gasteiger partial charge on any atom is -0.370 e. The smallest absolute Gasteiger partial charge is 0.188 e. The molecule has 0 aliphatic carbocycles. The highest BCUT2D eigenvalue weighted by molar-refractivity contribution is 9.10. The lowest BCUT2D eigenvalue weighted by atomic mass is 9.97. The first-order valence-electron chi connectivity index (χ1n) is 8.35. The van der Waals surface area contributed by atoms with Crippen LogP contribution in [-0.4, -0.2) is 24.0 Å². The lowest BCUT2D eigenvalue weighted by Gasteiger charge is -2.13. The van der Waals surface area contributed by atoms with E-state index in [9.17, 15) is 0 Å². The number of hydrogen-bond acceptors (Lipinski definition) is 2. The number of nitrogens with one attached hydrogen (secondary N) is 1. The fraction of sp³-hybridized carbons (Fsp3) is 0.368. The van der Waals surface area contributed by atoms with E-state index in [4.69, 9.17) is 5.73 Å². The Labute approximate surface area is 152 Å². The van der Waals surface area contributed by atoms with E-state index in [0.29, 0.717) is 11.9 Å². The molecular formula is C19H25BrN4. The first-order chi connectivity index (χ1) is 11.7. The summed E-state index contributed by atoms with van der Waals surface area (Å²) >= 11 is 3.52. The second-order valence-corrected chi connectivity index (χ2v) is 6.75. The summed E-state index contributed by atoms with van der Waals surface area (Å²) in [4.78, 5) is 8.79. The van der Waals surface area contributed by atoms with E-state index in [-0.39, 0.29) is 0 Å². The first-order valence-corrected chi connectivity index (χ1v) is 9.14. The topological polar surface area (TPSA) is 63.3 Å². The number of aliphatic imine (C=N–C) groups is 1. The van der Waals surface area contributed by atoms with Gasteiger partial charge in [0.25, 0.3) is 0 Å². The Morgan fingerprint density at radius 1 is 1.29 bits per heavy atom. The zero-order valence-electron chi connectivity index (χ0n) is 14.1. The lowest BCUT2D eigenvalue weighted by Crippen LogP contribution is -2.34. The van der Waals surface area contributed by atoms with Crippen LogP contribution >= 0.6 is 15.9 Å². The average molecular weight is 389 g/mol. The van der Waals surface area contributed by atoms with Crippen molar-refractivity contribution < 1.29 is 0 Å². The third-order valence-corrected chi connectivity index (χ3v) is 4.42. The normalized spacial score (nSPS) is 12.8. The molecule has 4 nitrogen and oxygen atoms in total. The summed E-state index contributed by atoms with van der Waals surface area (Å²) in [6.07, 6.45) is 4.74. The van der Waals surface area contributed by atoms with Crippen molar-refractivity contribution in [3.05, 3.63) is 64.4 Å². The van der Waals surface area contributed by atoms with Gasteiger partial charge in [-0.25, -0.2) is 0 Å². The van der Waals surface area contributed by atoms with Crippen LogP contribution in [0.25, 0.3) is 0 Å². The van der Waals surface area contributed by atoms with Crippen molar-refractivity contribution in [3.8, 4) is 0 Å². The highest BCUT2D eigenvalue weighted by Gasteiger charge is 2.07. The van der Waals surface area contributed by atoms with Gasteiger partial charge in [-0.1, -0.05) is 47.5 Å². The molecule has 1 aromatic heterocycles. The van der Waals surface area contributed by atoms with Crippen molar-refractivity contribution in [1.82, 2.24) is 10.3 Å². The standard InChI is InChI=1S/C19H25BrN4/c1-2-15(12-16-6-5-7-17(20)13-16)14-24-19(21)23-11-9-18-8-3-4-10-22-18/h3-8,10,13,15H,2,9,11-12,14H2,1H3,(H3,21,23,24). The molecule has 1 heterocycles. The van der Waals surface area contributed by atoms with Gasteiger partial charge in [0.05, 0.1) is 0 Å². The van der Waals surface area contributed by atoms with Crippen molar-refractivity contribution in [3.63, 3.8) is 0 Å². The second kappa shape index (κ2) is 10.1. The molecular weight excluding hydrogens is 364 g/mol. The monoisotopic (exact) mass is 388 g/mol. The van der Waals surface area contributed by atoms with E-state index in [2.05, 4.69) is 56.3 Å². The molecule has 0 amide bonds. The van der Waals surface area contributed by atoms with E-state index >= 15 is 0 Å². The van der Waals surface area contributed by atoms with Gasteiger partial charge in [-0.15, -0.1) is 0 Å². The van der Waals surface area contributed by atoms with Crippen LogP contribution in [-0.2, 0) is 12.8 Å². The Balaban J connectivity index is 1.76. The van der Waals surface area contributed by atoms with Crippen molar-refractivity contribution in [2.24, 2.45) is 16.6 Å². The number of rotatable bonds is 8. The minimum absolute atomic E-state index is 0.496. The van der Waals surface area contributed by atoms with E-state index < -0.39 is 0 Å². The summed E-state index contributed by atoms with van der Waals surface area (Å²) in [6.45, 7) is 3.68. The van der Waals surface area contributed by atoms with Crippen LogP contribution < -0.4 is 11.1 Å². The zero-order chi connectivity index (χ0) is 17.2. The number of nitrogens with zero attached hydrogens (tertiary/aromatic N) is 2. The van der Waals surface area contributed by atoms with Crippen molar-refractivity contribution in [2.45, 2.75) is 26.2 Å². The number of hydrogen-bond donors (Lipinski definition) is 2. The number of benzene rings is 1. The van der Waals surface area contributed by atoms with Crippen molar-refractivity contribution in [2.75, 3.05) is 13.1 Å². The Morgan fingerprint density at radius 2 is 2.17 bits per heavy atom. The number of halogens is 1. The van der Waals surface area contributed by atoms with Gasteiger partial charge in [0, 0.05) is 35.9 Å². The highest BCUT2D eigenvalue weighted by Crippen LogP contribution is 2.17. The van der Waals surface area contributed by atoms with Gasteiger partial charge >= 0.3 is 0 Å². The maximum absolute atomic E-state index is 5.97. The van der Waals surface area contributed by atoms with Gasteiger partial charge in [-0.2, -0.15) is 0 Å². The molecule has 0 aliphatic heterocycles. The molecule has 128 valence electrons. The third-order valence-electron chi connectivity index (χ3n) is 3.92. The van der Waals surface area contributed by atoms with Crippen LogP contribution in [0.4, 0.5) is 0 Å². The SMILES string of the molecule is CCC(CN=C(N)NCCc1ccccn1)Cc1cccc(Br)c1. The Kier molecular flexibility index (Phi) is 7.75. The van der Waals surface area contributed by atoms with Crippen molar-refractivity contribution in [1.29, 1.82) is 0 Å². The molecule has 1 atom stereocenters. The summed E-state index contributed by atoms with van der Waals surface area (Å²) in [5.41, 5.74) is 8.35. The van der Waals surface area contributed by atoms with E-state index in [1.54, 1.807) is 6.20 Å². The fourth-order valence-electron chi connectivity index (χ4n) is 2.48. The molecule has 0 fully saturated rings. The summed E-state index contributed by atoms with van der Waals surface area (Å²) < 4.78 is 1.12. The maximum atomic E-state index is 5.97. The molecule has 0 radical (unpaired) electrons. The second-order valence-electron chi connectivity index (χ2n) is 5.83. The van der Waals surface area contributed by atoms with Crippen LogP contribution in [0.2, 0.25) is 0 Å². The van der Waals surface area contributed by atoms with Gasteiger partial charge in [-0.05, 0) is 42.2 Å². The van der Waals surface area contributed by atoms with Gasteiger partial charge < -0.3 is 11.1 Å². The molecule has 0 bridgehead atoms. The predicted octanol–water partition coefficient (Wildman–Crippen LogP) is 3.56. The molecule has 5 heteroatoms. The molecule has 1 aromatic carbocycles.